The Balaban J connectivity index is 2.08. The van der Waals surface area contributed by atoms with Gasteiger partial charge < -0.3 is 15.0 Å². The van der Waals surface area contributed by atoms with Crippen LogP contribution < -0.4 is 15.0 Å². The molecule has 1 saturated heterocycles. The van der Waals surface area contributed by atoms with E-state index >= 15 is 0 Å². The minimum Gasteiger partial charge on any atom is -0.495 e. The Morgan fingerprint density at radius 2 is 2.21 bits per heavy atom. The van der Waals surface area contributed by atoms with E-state index < -0.39 is 0 Å². The molecular weight excluding hydrogens is 304 g/mol. The summed E-state index contributed by atoms with van der Waals surface area (Å²) in [6, 6.07) is 7.47. The highest BCUT2D eigenvalue weighted by molar-refractivity contribution is 9.10. The largest absolute Gasteiger partial charge is 0.495 e. The van der Waals surface area contributed by atoms with Gasteiger partial charge in [0.15, 0.2) is 0 Å². The molecule has 0 bridgehead atoms. The van der Waals surface area contributed by atoms with Gasteiger partial charge in [-0.15, -0.1) is 0 Å². The topological polar surface area (TPSA) is 24.5 Å². The van der Waals surface area contributed by atoms with Gasteiger partial charge in [-0.1, -0.05) is 13.8 Å². The number of hydrogen-bond donors (Lipinski definition) is 1. The van der Waals surface area contributed by atoms with Gasteiger partial charge in [-0.2, -0.15) is 0 Å². The Bertz CT molecular complexity index is 423. The summed E-state index contributed by atoms with van der Waals surface area (Å²) >= 11 is 3.50. The zero-order valence-electron chi connectivity index (χ0n) is 11.9. The Labute approximate surface area is 124 Å². The highest BCUT2D eigenvalue weighted by atomic mass is 79.9. The minimum atomic E-state index is 0.546. The zero-order valence-corrected chi connectivity index (χ0v) is 13.5. The molecule has 1 aromatic rings. The molecule has 0 aromatic heterocycles. The van der Waals surface area contributed by atoms with E-state index in [0.29, 0.717) is 12.1 Å². The Hall–Kier alpha value is -0.740. The van der Waals surface area contributed by atoms with Crippen LogP contribution in [0.2, 0.25) is 0 Å². The van der Waals surface area contributed by atoms with Crippen molar-refractivity contribution in [2.24, 2.45) is 0 Å². The molecule has 0 saturated carbocycles. The Morgan fingerprint density at radius 1 is 1.42 bits per heavy atom. The first kappa shape index (κ1) is 14.7. The number of anilines is 1. The van der Waals surface area contributed by atoms with E-state index in [4.69, 9.17) is 4.74 Å². The summed E-state index contributed by atoms with van der Waals surface area (Å²) in [6.45, 7) is 6.62. The molecule has 0 radical (unpaired) electrons. The van der Waals surface area contributed by atoms with E-state index in [9.17, 15) is 0 Å². The maximum Gasteiger partial charge on any atom is 0.135 e. The second-order valence-corrected chi connectivity index (χ2v) is 6.28. The number of ether oxygens (including phenoxy) is 1. The summed E-state index contributed by atoms with van der Waals surface area (Å²) in [7, 11) is 1.71. The molecule has 106 valence electrons. The number of piperidine rings is 1. The second kappa shape index (κ2) is 6.62. The molecule has 2 rings (SSSR count). The van der Waals surface area contributed by atoms with Crippen LogP contribution >= 0.6 is 15.9 Å². The van der Waals surface area contributed by atoms with Gasteiger partial charge in [0.25, 0.3) is 0 Å². The van der Waals surface area contributed by atoms with Crippen LogP contribution in [0, 0.1) is 0 Å². The number of hydrogen-bond acceptors (Lipinski definition) is 3. The predicted molar refractivity (Wildman–Crippen MR) is 84.2 cm³/mol. The van der Waals surface area contributed by atoms with Gasteiger partial charge >= 0.3 is 0 Å². The number of methoxy groups -OCH3 is 1. The molecule has 1 aliphatic heterocycles. The lowest BCUT2D eigenvalue weighted by Crippen LogP contribution is -2.47. The van der Waals surface area contributed by atoms with E-state index in [0.717, 1.165) is 23.3 Å². The number of halogens is 1. The third-order valence-electron chi connectivity index (χ3n) is 3.49. The highest BCUT2D eigenvalue weighted by Gasteiger charge is 2.21. The fourth-order valence-corrected chi connectivity index (χ4v) is 3.07. The molecule has 1 N–H and O–H groups in total. The molecule has 3 nitrogen and oxygen atoms in total. The fourth-order valence-electron chi connectivity index (χ4n) is 2.66. The van der Waals surface area contributed by atoms with Crippen molar-refractivity contribution in [3.05, 3.63) is 22.7 Å². The molecule has 1 unspecified atom stereocenters. The highest BCUT2D eigenvalue weighted by Crippen LogP contribution is 2.30. The maximum absolute atomic E-state index is 5.38. The number of nitrogens with zero attached hydrogens (tertiary/aromatic N) is 1. The molecular formula is C15H23BrN2O. The Kier molecular flexibility index (Phi) is 5.11. The van der Waals surface area contributed by atoms with Gasteiger partial charge in [-0.05, 0) is 40.9 Å². The van der Waals surface area contributed by atoms with Crippen LogP contribution in [0.15, 0.2) is 22.7 Å². The van der Waals surface area contributed by atoms with Crippen LogP contribution in [0.25, 0.3) is 0 Å². The van der Waals surface area contributed by atoms with E-state index in [1.165, 1.54) is 18.5 Å². The first-order valence-corrected chi connectivity index (χ1v) is 7.74. The molecule has 1 aromatic carbocycles. The SMILES string of the molecule is COc1cc(N2CCCC(NC(C)C)C2)ccc1Br. The molecule has 0 amide bonds. The lowest BCUT2D eigenvalue weighted by molar-refractivity contribution is 0.393. The molecule has 1 heterocycles. The lowest BCUT2D eigenvalue weighted by Gasteiger charge is -2.36. The van der Waals surface area contributed by atoms with Crippen molar-refractivity contribution in [2.75, 3.05) is 25.1 Å². The molecule has 1 atom stereocenters. The zero-order chi connectivity index (χ0) is 13.8. The van der Waals surface area contributed by atoms with Gasteiger partial charge in [0.1, 0.15) is 5.75 Å². The number of benzene rings is 1. The molecule has 0 spiro atoms. The summed E-state index contributed by atoms with van der Waals surface area (Å²) in [4.78, 5) is 2.44. The van der Waals surface area contributed by atoms with E-state index in [1.807, 2.05) is 0 Å². The first-order valence-electron chi connectivity index (χ1n) is 6.94. The van der Waals surface area contributed by atoms with Gasteiger partial charge in [-0.25, -0.2) is 0 Å². The first-order chi connectivity index (χ1) is 9.10. The number of rotatable bonds is 4. The average Bonchev–Trinajstić information content (AvgIpc) is 2.39. The summed E-state index contributed by atoms with van der Waals surface area (Å²) in [6.07, 6.45) is 2.51. The molecule has 19 heavy (non-hydrogen) atoms. The normalized spacial score (nSPS) is 19.8. The standard InChI is InChI=1S/C15H23BrN2O/c1-11(2)17-12-5-4-8-18(10-12)13-6-7-14(16)15(9-13)19-3/h6-7,9,11-12,17H,4-5,8,10H2,1-3H3. The lowest BCUT2D eigenvalue weighted by atomic mass is 10.0. The van der Waals surface area contributed by atoms with Crippen LogP contribution in [0.4, 0.5) is 5.69 Å². The van der Waals surface area contributed by atoms with Gasteiger partial charge in [-0.3, -0.25) is 0 Å². The van der Waals surface area contributed by atoms with E-state index in [1.54, 1.807) is 7.11 Å². The van der Waals surface area contributed by atoms with Gasteiger partial charge in [0, 0.05) is 36.9 Å². The minimum absolute atomic E-state index is 0.546. The summed E-state index contributed by atoms with van der Waals surface area (Å²) < 4.78 is 6.39. The van der Waals surface area contributed by atoms with Crippen molar-refractivity contribution in [3.8, 4) is 5.75 Å². The van der Waals surface area contributed by atoms with E-state index in [2.05, 4.69) is 58.2 Å². The number of nitrogens with one attached hydrogen (secondary N) is 1. The van der Waals surface area contributed by atoms with E-state index in [-0.39, 0.29) is 0 Å². The molecule has 4 heteroatoms. The maximum atomic E-state index is 5.38. The van der Waals surface area contributed by atoms with Crippen LogP contribution in [-0.2, 0) is 0 Å². The monoisotopic (exact) mass is 326 g/mol. The van der Waals surface area contributed by atoms with Crippen molar-refractivity contribution >= 4 is 21.6 Å². The summed E-state index contributed by atoms with van der Waals surface area (Å²) in [5.41, 5.74) is 1.25. The predicted octanol–water partition coefficient (Wildman–Crippen LogP) is 3.42. The van der Waals surface area contributed by atoms with Crippen LogP contribution in [0.3, 0.4) is 0 Å². The van der Waals surface area contributed by atoms with Crippen molar-refractivity contribution in [1.82, 2.24) is 5.32 Å². The Morgan fingerprint density at radius 3 is 2.89 bits per heavy atom. The third-order valence-corrected chi connectivity index (χ3v) is 4.15. The second-order valence-electron chi connectivity index (χ2n) is 5.43. The summed E-state index contributed by atoms with van der Waals surface area (Å²) in [5.74, 6) is 0.899. The van der Waals surface area contributed by atoms with Crippen LogP contribution in [-0.4, -0.2) is 32.3 Å². The fraction of sp³-hybridized carbons (Fsp3) is 0.600. The average molecular weight is 327 g/mol. The van der Waals surface area contributed by atoms with Crippen molar-refractivity contribution in [2.45, 2.75) is 38.8 Å². The van der Waals surface area contributed by atoms with Crippen molar-refractivity contribution in [1.29, 1.82) is 0 Å². The quantitative estimate of drug-likeness (QED) is 0.917. The van der Waals surface area contributed by atoms with Crippen molar-refractivity contribution < 1.29 is 4.74 Å². The third kappa shape index (κ3) is 3.86. The molecule has 1 fully saturated rings. The summed E-state index contributed by atoms with van der Waals surface area (Å²) in [5, 5.41) is 3.64. The van der Waals surface area contributed by atoms with Crippen molar-refractivity contribution in [3.63, 3.8) is 0 Å². The molecule has 1 aliphatic rings. The van der Waals surface area contributed by atoms with Gasteiger partial charge in [0.2, 0.25) is 0 Å². The van der Waals surface area contributed by atoms with Gasteiger partial charge in [0.05, 0.1) is 11.6 Å². The molecule has 0 aliphatic carbocycles. The van der Waals surface area contributed by atoms with Crippen LogP contribution in [0.5, 0.6) is 5.75 Å². The smallest absolute Gasteiger partial charge is 0.135 e. The van der Waals surface area contributed by atoms with Crippen LogP contribution in [0.1, 0.15) is 26.7 Å².